The summed E-state index contributed by atoms with van der Waals surface area (Å²) in [5.74, 6) is 1.37. The normalized spacial score (nSPS) is 10.6. The second kappa shape index (κ2) is 7.19. The van der Waals surface area contributed by atoms with Gasteiger partial charge in [0.2, 0.25) is 0 Å². The maximum atomic E-state index is 9.62. The van der Waals surface area contributed by atoms with Crippen LogP contribution in [0.4, 0.5) is 5.69 Å². The van der Waals surface area contributed by atoms with Gasteiger partial charge < -0.3 is 14.6 Å². The highest BCUT2D eigenvalue weighted by atomic mass is 16.5. The van der Waals surface area contributed by atoms with Crippen LogP contribution in [-0.4, -0.2) is 25.0 Å². The molecule has 2 aromatic carbocycles. The smallest absolute Gasteiger partial charge is 0.161 e. The standard InChI is InChI=1S/C16H18N2O3/c1-3-21-16-10-12(4-9-15(16)19)11-17-18-13-5-7-14(20-2)8-6-13/h4-11,18-19H,3H2,1-2H3/b17-11+. The molecule has 2 N–H and O–H groups in total. The van der Waals surface area contributed by atoms with Gasteiger partial charge in [-0.2, -0.15) is 5.10 Å². The second-order valence-corrected chi connectivity index (χ2v) is 4.26. The Morgan fingerprint density at radius 3 is 2.62 bits per heavy atom. The highest BCUT2D eigenvalue weighted by molar-refractivity contribution is 5.81. The molecule has 0 aliphatic heterocycles. The molecule has 0 heterocycles. The summed E-state index contributed by atoms with van der Waals surface area (Å²) in [6.07, 6.45) is 1.66. The Morgan fingerprint density at radius 1 is 1.19 bits per heavy atom. The van der Waals surface area contributed by atoms with Crippen LogP contribution < -0.4 is 14.9 Å². The van der Waals surface area contributed by atoms with E-state index < -0.39 is 0 Å². The molecule has 0 bridgehead atoms. The molecule has 0 fully saturated rings. The quantitative estimate of drug-likeness (QED) is 0.632. The lowest BCUT2D eigenvalue weighted by Gasteiger charge is -2.06. The van der Waals surface area contributed by atoms with Gasteiger partial charge in [-0.3, -0.25) is 5.43 Å². The van der Waals surface area contributed by atoms with E-state index in [4.69, 9.17) is 9.47 Å². The summed E-state index contributed by atoms with van der Waals surface area (Å²) in [5.41, 5.74) is 4.61. The number of hydrogen-bond acceptors (Lipinski definition) is 5. The van der Waals surface area contributed by atoms with E-state index in [1.165, 1.54) is 0 Å². The van der Waals surface area contributed by atoms with Crippen molar-refractivity contribution in [2.75, 3.05) is 19.1 Å². The van der Waals surface area contributed by atoms with Gasteiger partial charge in [0.05, 0.1) is 25.6 Å². The van der Waals surface area contributed by atoms with Gasteiger partial charge in [0.25, 0.3) is 0 Å². The number of hydrogen-bond donors (Lipinski definition) is 2. The lowest BCUT2D eigenvalue weighted by Crippen LogP contribution is -1.94. The van der Waals surface area contributed by atoms with Crippen molar-refractivity contribution in [2.45, 2.75) is 6.92 Å². The minimum atomic E-state index is 0.122. The van der Waals surface area contributed by atoms with Gasteiger partial charge in [-0.05, 0) is 55.0 Å². The van der Waals surface area contributed by atoms with Crippen molar-refractivity contribution in [1.82, 2.24) is 0 Å². The summed E-state index contributed by atoms with van der Waals surface area (Å²) in [6.45, 7) is 2.36. The van der Waals surface area contributed by atoms with E-state index in [-0.39, 0.29) is 5.75 Å². The number of phenols is 1. The van der Waals surface area contributed by atoms with Gasteiger partial charge in [-0.25, -0.2) is 0 Å². The average molecular weight is 286 g/mol. The summed E-state index contributed by atoms with van der Waals surface area (Å²) in [7, 11) is 1.63. The highest BCUT2D eigenvalue weighted by Gasteiger charge is 2.01. The van der Waals surface area contributed by atoms with Gasteiger partial charge in [-0.15, -0.1) is 0 Å². The molecule has 0 amide bonds. The van der Waals surface area contributed by atoms with Crippen LogP contribution in [0.15, 0.2) is 47.6 Å². The van der Waals surface area contributed by atoms with E-state index in [1.54, 1.807) is 31.5 Å². The second-order valence-electron chi connectivity index (χ2n) is 4.26. The monoisotopic (exact) mass is 286 g/mol. The van der Waals surface area contributed by atoms with Gasteiger partial charge in [-0.1, -0.05) is 0 Å². The number of hydrazone groups is 1. The molecule has 0 saturated carbocycles. The van der Waals surface area contributed by atoms with Crippen LogP contribution in [0, 0.1) is 0 Å². The number of phenolic OH excluding ortho intramolecular Hbond substituents is 1. The Morgan fingerprint density at radius 2 is 1.95 bits per heavy atom. The molecule has 110 valence electrons. The molecule has 0 saturated heterocycles. The zero-order chi connectivity index (χ0) is 15.1. The zero-order valence-corrected chi connectivity index (χ0v) is 12.0. The fourth-order valence-electron chi connectivity index (χ4n) is 1.73. The van der Waals surface area contributed by atoms with Crippen LogP contribution in [0.25, 0.3) is 0 Å². The van der Waals surface area contributed by atoms with Crippen molar-refractivity contribution >= 4 is 11.9 Å². The van der Waals surface area contributed by atoms with Crippen molar-refractivity contribution in [3.63, 3.8) is 0 Å². The van der Waals surface area contributed by atoms with Crippen molar-refractivity contribution in [3.05, 3.63) is 48.0 Å². The molecular formula is C16H18N2O3. The molecule has 0 unspecified atom stereocenters. The first kappa shape index (κ1) is 14.7. The third-order valence-corrected chi connectivity index (χ3v) is 2.78. The van der Waals surface area contributed by atoms with E-state index in [1.807, 2.05) is 31.2 Å². The molecule has 5 nitrogen and oxygen atoms in total. The number of anilines is 1. The van der Waals surface area contributed by atoms with Crippen LogP contribution >= 0.6 is 0 Å². The molecule has 2 rings (SSSR count). The number of benzene rings is 2. The Balaban J connectivity index is 2.01. The minimum Gasteiger partial charge on any atom is -0.504 e. The summed E-state index contributed by atoms with van der Waals surface area (Å²) in [5, 5.41) is 13.8. The zero-order valence-electron chi connectivity index (χ0n) is 12.0. The molecule has 2 aromatic rings. The molecule has 0 spiro atoms. The van der Waals surface area contributed by atoms with Gasteiger partial charge >= 0.3 is 0 Å². The number of aromatic hydroxyl groups is 1. The van der Waals surface area contributed by atoms with E-state index in [9.17, 15) is 5.11 Å². The molecule has 5 heteroatoms. The molecule has 0 aliphatic carbocycles. The molecule has 0 aromatic heterocycles. The highest BCUT2D eigenvalue weighted by Crippen LogP contribution is 2.26. The van der Waals surface area contributed by atoms with Crippen molar-refractivity contribution in [3.8, 4) is 17.2 Å². The summed E-state index contributed by atoms with van der Waals surface area (Å²) >= 11 is 0. The lowest BCUT2D eigenvalue weighted by atomic mass is 10.2. The summed E-state index contributed by atoms with van der Waals surface area (Å²) in [4.78, 5) is 0. The maximum Gasteiger partial charge on any atom is 0.161 e. The molecule has 0 atom stereocenters. The van der Waals surface area contributed by atoms with Crippen LogP contribution in [-0.2, 0) is 0 Å². The number of nitrogens with one attached hydrogen (secondary N) is 1. The Hall–Kier alpha value is -2.69. The van der Waals surface area contributed by atoms with Crippen LogP contribution in [0.2, 0.25) is 0 Å². The van der Waals surface area contributed by atoms with Crippen LogP contribution in [0.5, 0.6) is 17.2 Å². The van der Waals surface area contributed by atoms with E-state index in [0.29, 0.717) is 12.4 Å². The van der Waals surface area contributed by atoms with Gasteiger partial charge in [0, 0.05) is 0 Å². The van der Waals surface area contributed by atoms with Crippen molar-refractivity contribution < 1.29 is 14.6 Å². The minimum absolute atomic E-state index is 0.122. The number of methoxy groups -OCH3 is 1. The Labute approximate surface area is 123 Å². The lowest BCUT2D eigenvalue weighted by molar-refractivity contribution is 0.318. The van der Waals surface area contributed by atoms with Crippen LogP contribution in [0.1, 0.15) is 12.5 Å². The first-order valence-corrected chi connectivity index (χ1v) is 6.62. The van der Waals surface area contributed by atoms with Crippen molar-refractivity contribution in [2.24, 2.45) is 5.10 Å². The largest absolute Gasteiger partial charge is 0.504 e. The first-order valence-electron chi connectivity index (χ1n) is 6.62. The number of nitrogens with zero attached hydrogens (tertiary/aromatic N) is 1. The van der Waals surface area contributed by atoms with Gasteiger partial charge in [0.1, 0.15) is 5.75 Å². The number of rotatable bonds is 6. The molecular weight excluding hydrogens is 268 g/mol. The molecule has 0 radical (unpaired) electrons. The maximum absolute atomic E-state index is 9.62. The topological polar surface area (TPSA) is 63.1 Å². The predicted molar refractivity (Wildman–Crippen MR) is 83.5 cm³/mol. The number of ether oxygens (including phenoxy) is 2. The average Bonchev–Trinajstić information content (AvgIpc) is 2.51. The molecule has 21 heavy (non-hydrogen) atoms. The Kier molecular flexibility index (Phi) is 5.04. The van der Waals surface area contributed by atoms with Crippen molar-refractivity contribution in [1.29, 1.82) is 0 Å². The van der Waals surface area contributed by atoms with Gasteiger partial charge in [0.15, 0.2) is 11.5 Å². The molecule has 0 aliphatic rings. The van der Waals surface area contributed by atoms with E-state index >= 15 is 0 Å². The summed E-state index contributed by atoms with van der Waals surface area (Å²) in [6, 6.07) is 12.5. The van der Waals surface area contributed by atoms with E-state index in [0.717, 1.165) is 17.0 Å². The Bertz CT molecular complexity index is 609. The third kappa shape index (κ3) is 4.14. The first-order chi connectivity index (χ1) is 10.2. The fourth-order valence-corrected chi connectivity index (χ4v) is 1.73. The summed E-state index contributed by atoms with van der Waals surface area (Å²) < 4.78 is 10.4. The predicted octanol–water partition coefficient (Wildman–Crippen LogP) is 3.25. The van der Waals surface area contributed by atoms with Crippen LogP contribution in [0.3, 0.4) is 0 Å². The SMILES string of the molecule is CCOc1cc(/C=N/Nc2ccc(OC)cc2)ccc1O. The third-order valence-electron chi connectivity index (χ3n) is 2.78. The fraction of sp³-hybridized carbons (Fsp3) is 0.188. The van der Waals surface area contributed by atoms with E-state index in [2.05, 4.69) is 10.5 Å².